The second kappa shape index (κ2) is 9.28. The molecule has 4 rings (SSSR count). The van der Waals surface area contributed by atoms with Crippen molar-refractivity contribution in [1.29, 1.82) is 0 Å². The molecule has 2 aromatic rings. The number of hydrogen-bond donors (Lipinski definition) is 1. The van der Waals surface area contributed by atoms with Gasteiger partial charge in [0.15, 0.2) is 0 Å². The zero-order valence-electron chi connectivity index (χ0n) is 17.0. The van der Waals surface area contributed by atoms with E-state index in [1.807, 2.05) is 30.3 Å². The molecule has 0 bridgehead atoms. The number of halogens is 1. The molecule has 160 valence electrons. The van der Waals surface area contributed by atoms with Crippen LogP contribution < -0.4 is 10.2 Å². The fourth-order valence-corrected chi connectivity index (χ4v) is 4.69. The lowest BCUT2D eigenvalue weighted by Gasteiger charge is -2.45. The first-order valence-electron chi connectivity index (χ1n) is 10.3. The van der Waals surface area contributed by atoms with Crippen molar-refractivity contribution in [1.82, 2.24) is 9.88 Å². The van der Waals surface area contributed by atoms with Crippen molar-refractivity contribution in [2.75, 3.05) is 43.1 Å². The predicted molar refractivity (Wildman–Crippen MR) is 121 cm³/mol. The van der Waals surface area contributed by atoms with Crippen LogP contribution in [0.3, 0.4) is 0 Å². The summed E-state index contributed by atoms with van der Waals surface area (Å²) in [6.45, 7) is 6.39. The van der Waals surface area contributed by atoms with Gasteiger partial charge in [0.2, 0.25) is 0 Å². The van der Waals surface area contributed by atoms with E-state index in [9.17, 15) is 10.1 Å². The number of pyridine rings is 1. The second-order valence-corrected chi connectivity index (χ2v) is 8.62. The number of benzene rings is 1. The van der Waals surface area contributed by atoms with Gasteiger partial charge in [0.25, 0.3) is 5.69 Å². The highest BCUT2D eigenvalue weighted by molar-refractivity contribution is 9.10. The van der Waals surface area contributed by atoms with Gasteiger partial charge in [-0.3, -0.25) is 15.0 Å². The lowest BCUT2D eigenvalue weighted by atomic mass is 10.0. The van der Waals surface area contributed by atoms with E-state index >= 15 is 0 Å². The van der Waals surface area contributed by atoms with Crippen LogP contribution in [-0.4, -0.2) is 59.7 Å². The Morgan fingerprint density at radius 2 is 2.03 bits per heavy atom. The maximum absolute atomic E-state index is 11.8. The first-order chi connectivity index (χ1) is 14.5. The molecular weight excluding hydrogens is 450 g/mol. The molecule has 30 heavy (non-hydrogen) atoms. The molecule has 8 nitrogen and oxygen atoms in total. The van der Waals surface area contributed by atoms with E-state index < -0.39 is 0 Å². The first-order valence-corrected chi connectivity index (χ1v) is 11.1. The quantitative estimate of drug-likeness (QED) is 0.394. The number of nitrogens with zero attached hydrogens (tertiary/aromatic N) is 4. The summed E-state index contributed by atoms with van der Waals surface area (Å²) in [5, 5.41) is 15.0. The number of anilines is 3. The largest absolute Gasteiger partial charge is 0.381 e. The number of nitro benzene ring substituents is 1. The van der Waals surface area contributed by atoms with Crippen molar-refractivity contribution >= 4 is 38.8 Å². The van der Waals surface area contributed by atoms with Crippen LogP contribution >= 0.6 is 15.9 Å². The number of aromatic nitrogens is 1. The Hall–Kier alpha value is -2.23. The smallest absolute Gasteiger partial charge is 0.294 e. The third-order valence-electron chi connectivity index (χ3n) is 5.84. The monoisotopic (exact) mass is 475 g/mol. The zero-order chi connectivity index (χ0) is 21.1. The van der Waals surface area contributed by atoms with Crippen molar-refractivity contribution in [3.63, 3.8) is 0 Å². The van der Waals surface area contributed by atoms with E-state index in [2.05, 4.69) is 43.0 Å². The molecule has 1 aromatic heterocycles. The van der Waals surface area contributed by atoms with Gasteiger partial charge in [-0.15, -0.1) is 0 Å². The molecule has 0 amide bonds. The summed E-state index contributed by atoms with van der Waals surface area (Å²) in [4.78, 5) is 20.6. The molecule has 3 heterocycles. The molecule has 1 atom stereocenters. The minimum atomic E-state index is -0.299. The van der Waals surface area contributed by atoms with Gasteiger partial charge < -0.3 is 15.0 Å². The number of piperazine rings is 1. The highest BCUT2D eigenvalue weighted by atomic mass is 79.9. The third-order valence-corrected chi connectivity index (χ3v) is 6.28. The van der Waals surface area contributed by atoms with Crippen molar-refractivity contribution in [2.24, 2.45) is 0 Å². The lowest BCUT2D eigenvalue weighted by Crippen LogP contribution is -2.56. The van der Waals surface area contributed by atoms with E-state index in [4.69, 9.17) is 4.74 Å². The minimum Gasteiger partial charge on any atom is -0.381 e. The molecular formula is C21H26BrN5O3. The van der Waals surface area contributed by atoms with Crippen LogP contribution in [0.15, 0.2) is 41.0 Å². The fourth-order valence-electron chi connectivity index (χ4n) is 4.34. The second-order valence-electron chi connectivity index (χ2n) is 7.81. The van der Waals surface area contributed by atoms with Crippen LogP contribution in [0.25, 0.3) is 0 Å². The van der Waals surface area contributed by atoms with Crippen LogP contribution in [0, 0.1) is 10.1 Å². The summed E-state index contributed by atoms with van der Waals surface area (Å²) in [6, 6.07) is 11.6. The first kappa shape index (κ1) is 21.0. The van der Waals surface area contributed by atoms with Crippen LogP contribution in [0.1, 0.15) is 19.8 Å². The Morgan fingerprint density at radius 3 is 2.73 bits per heavy atom. The summed E-state index contributed by atoms with van der Waals surface area (Å²) in [6.07, 6.45) is 2.13. The highest BCUT2D eigenvalue weighted by Crippen LogP contribution is 2.35. The molecule has 1 aromatic carbocycles. The van der Waals surface area contributed by atoms with Gasteiger partial charge >= 0.3 is 0 Å². The Morgan fingerprint density at radius 1 is 1.23 bits per heavy atom. The van der Waals surface area contributed by atoms with Crippen molar-refractivity contribution < 1.29 is 9.66 Å². The molecule has 2 aliphatic heterocycles. The van der Waals surface area contributed by atoms with Gasteiger partial charge in [-0.1, -0.05) is 6.07 Å². The molecule has 2 aliphatic rings. The Labute approximate surface area is 184 Å². The molecule has 0 unspecified atom stereocenters. The molecule has 2 fully saturated rings. The molecule has 0 saturated carbocycles. The van der Waals surface area contributed by atoms with E-state index in [-0.39, 0.29) is 16.7 Å². The van der Waals surface area contributed by atoms with Crippen LogP contribution in [0.4, 0.5) is 22.9 Å². The number of nitro groups is 1. The third kappa shape index (κ3) is 4.74. The molecule has 2 saturated heterocycles. The van der Waals surface area contributed by atoms with Crippen molar-refractivity contribution in [3.8, 4) is 0 Å². The summed E-state index contributed by atoms with van der Waals surface area (Å²) < 4.78 is 6.19. The van der Waals surface area contributed by atoms with E-state index in [0.717, 1.165) is 45.7 Å². The molecule has 1 N–H and O–H groups in total. The number of ether oxygens (including phenoxy) is 1. The predicted octanol–water partition coefficient (Wildman–Crippen LogP) is 4.19. The standard InChI is InChI=1S/C21H26BrN5O3/c1-15-14-25(17-7-11-30-12-8-17)9-10-26(15)18-6-5-16(13-19(18)27(28)29)23-21-4-2-3-20(22)24-21/h2-6,13,15,17H,7-12,14H2,1H3,(H,23,24)/t15-/m0/s1. The summed E-state index contributed by atoms with van der Waals surface area (Å²) in [5.74, 6) is 0.630. The average Bonchev–Trinajstić information content (AvgIpc) is 2.74. The van der Waals surface area contributed by atoms with Gasteiger partial charge in [-0.05, 0) is 60.0 Å². The van der Waals surface area contributed by atoms with Crippen LogP contribution in [0.5, 0.6) is 0 Å². The SMILES string of the molecule is C[C@H]1CN(C2CCOCC2)CCN1c1ccc(Nc2cccc(Br)n2)cc1[N+](=O)[O-]. The molecule has 0 aliphatic carbocycles. The summed E-state index contributed by atoms with van der Waals surface area (Å²) >= 11 is 3.34. The topological polar surface area (TPSA) is 83.8 Å². The van der Waals surface area contributed by atoms with Gasteiger partial charge in [-0.25, -0.2) is 4.98 Å². The van der Waals surface area contributed by atoms with Gasteiger partial charge in [0.1, 0.15) is 16.1 Å². The van der Waals surface area contributed by atoms with E-state index in [1.165, 1.54) is 0 Å². The lowest BCUT2D eigenvalue weighted by molar-refractivity contribution is -0.384. The summed E-state index contributed by atoms with van der Waals surface area (Å²) in [7, 11) is 0. The van der Waals surface area contributed by atoms with Crippen molar-refractivity contribution in [2.45, 2.75) is 31.8 Å². The Bertz CT molecular complexity index is 906. The van der Waals surface area contributed by atoms with Crippen LogP contribution in [0.2, 0.25) is 0 Å². The van der Waals surface area contributed by atoms with E-state index in [0.29, 0.717) is 27.8 Å². The molecule has 0 radical (unpaired) electrons. The van der Waals surface area contributed by atoms with Gasteiger partial charge in [-0.2, -0.15) is 0 Å². The van der Waals surface area contributed by atoms with E-state index in [1.54, 1.807) is 6.07 Å². The van der Waals surface area contributed by atoms with Crippen molar-refractivity contribution in [3.05, 3.63) is 51.1 Å². The maximum atomic E-state index is 11.8. The summed E-state index contributed by atoms with van der Waals surface area (Å²) in [5.41, 5.74) is 1.43. The Kier molecular flexibility index (Phi) is 6.50. The number of hydrogen-bond acceptors (Lipinski definition) is 7. The van der Waals surface area contributed by atoms with Gasteiger partial charge in [0.05, 0.1) is 4.92 Å². The van der Waals surface area contributed by atoms with Gasteiger partial charge in [0, 0.05) is 56.7 Å². The molecule has 0 spiro atoms. The number of nitrogens with one attached hydrogen (secondary N) is 1. The molecule has 9 heteroatoms. The zero-order valence-corrected chi connectivity index (χ0v) is 18.5. The minimum absolute atomic E-state index is 0.112. The number of rotatable bonds is 5. The Balaban J connectivity index is 1.51. The maximum Gasteiger partial charge on any atom is 0.294 e. The fraction of sp³-hybridized carbons (Fsp3) is 0.476. The average molecular weight is 476 g/mol. The van der Waals surface area contributed by atoms with Crippen LogP contribution in [-0.2, 0) is 4.74 Å². The normalized spacial score (nSPS) is 20.9. The highest BCUT2D eigenvalue weighted by Gasteiger charge is 2.32.